The summed E-state index contributed by atoms with van der Waals surface area (Å²) in [4.78, 5) is 12.9. The normalized spacial score (nSPS) is 19.6. The molecule has 2 aliphatic heterocycles. The van der Waals surface area contributed by atoms with Crippen LogP contribution in [0.2, 0.25) is 0 Å². The van der Waals surface area contributed by atoms with Crippen molar-refractivity contribution in [2.45, 2.75) is 51.9 Å². The SMILES string of the molecule is C1CCNCC1.CC(C(=O)O)c1ccccc1.CC1CCN(C)CC1. The van der Waals surface area contributed by atoms with E-state index >= 15 is 0 Å². The van der Waals surface area contributed by atoms with E-state index in [2.05, 4.69) is 24.2 Å². The number of carboxylic acid groups (broad SMARTS) is 1. The number of carbonyl (C=O) groups is 1. The van der Waals surface area contributed by atoms with Crippen LogP contribution in [0.4, 0.5) is 0 Å². The van der Waals surface area contributed by atoms with Gasteiger partial charge in [0.15, 0.2) is 0 Å². The van der Waals surface area contributed by atoms with Gasteiger partial charge in [-0.2, -0.15) is 0 Å². The Bertz CT molecular complexity index is 431. The first-order valence-electron chi connectivity index (χ1n) is 9.67. The van der Waals surface area contributed by atoms with Crippen molar-refractivity contribution in [3.8, 4) is 0 Å². The van der Waals surface area contributed by atoms with Gasteiger partial charge in [0, 0.05) is 0 Å². The zero-order valence-corrected chi connectivity index (χ0v) is 16.2. The molecule has 0 radical (unpaired) electrons. The van der Waals surface area contributed by atoms with E-state index in [4.69, 9.17) is 5.11 Å². The molecule has 3 rings (SSSR count). The van der Waals surface area contributed by atoms with Crippen LogP contribution in [-0.2, 0) is 4.79 Å². The molecule has 2 saturated heterocycles. The van der Waals surface area contributed by atoms with Gasteiger partial charge in [-0.1, -0.05) is 43.7 Å². The molecule has 25 heavy (non-hydrogen) atoms. The molecular formula is C21H36N2O2. The molecule has 0 aliphatic carbocycles. The fraction of sp³-hybridized carbons (Fsp3) is 0.667. The van der Waals surface area contributed by atoms with Gasteiger partial charge in [0.2, 0.25) is 0 Å². The number of nitrogens with zero attached hydrogens (tertiary/aromatic N) is 1. The lowest BCUT2D eigenvalue weighted by Gasteiger charge is -2.26. The molecule has 2 N–H and O–H groups in total. The number of rotatable bonds is 2. The highest BCUT2D eigenvalue weighted by Gasteiger charge is 2.12. The highest BCUT2D eigenvalue weighted by molar-refractivity contribution is 5.75. The summed E-state index contributed by atoms with van der Waals surface area (Å²) in [6.45, 7) is 9.13. The zero-order chi connectivity index (χ0) is 18.5. The van der Waals surface area contributed by atoms with Crippen molar-refractivity contribution < 1.29 is 9.90 Å². The molecule has 0 spiro atoms. The Labute approximate surface area is 153 Å². The minimum atomic E-state index is -0.781. The predicted molar refractivity (Wildman–Crippen MR) is 105 cm³/mol. The number of hydrogen-bond acceptors (Lipinski definition) is 3. The number of likely N-dealkylation sites (tertiary alicyclic amines) is 1. The Morgan fingerprint density at radius 3 is 2.04 bits per heavy atom. The van der Waals surface area contributed by atoms with Crippen LogP contribution in [0.25, 0.3) is 0 Å². The van der Waals surface area contributed by atoms with Crippen molar-refractivity contribution in [2.24, 2.45) is 5.92 Å². The van der Waals surface area contributed by atoms with Crippen LogP contribution in [0.1, 0.15) is 57.4 Å². The Morgan fingerprint density at radius 1 is 1.12 bits per heavy atom. The van der Waals surface area contributed by atoms with Crippen LogP contribution in [0, 0.1) is 5.92 Å². The number of aliphatic carboxylic acids is 1. The van der Waals surface area contributed by atoms with Crippen molar-refractivity contribution in [3.05, 3.63) is 35.9 Å². The fourth-order valence-corrected chi connectivity index (χ4v) is 2.82. The summed E-state index contributed by atoms with van der Waals surface area (Å²) in [5.74, 6) is -0.210. The van der Waals surface area contributed by atoms with Gasteiger partial charge in [-0.3, -0.25) is 4.79 Å². The number of carboxylic acids is 1. The van der Waals surface area contributed by atoms with Crippen LogP contribution in [0.15, 0.2) is 30.3 Å². The smallest absolute Gasteiger partial charge is 0.310 e. The number of benzene rings is 1. The topological polar surface area (TPSA) is 52.6 Å². The summed E-state index contributed by atoms with van der Waals surface area (Å²) in [7, 11) is 2.20. The van der Waals surface area contributed by atoms with Gasteiger partial charge in [-0.25, -0.2) is 0 Å². The van der Waals surface area contributed by atoms with Crippen LogP contribution in [0.5, 0.6) is 0 Å². The third kappa shape index (κ3) is 10.3. The van der Waals surface area contributed by atoms with Crippen molar-refractivity contribution in [3.63, 3.8) is 0 Å². The van der Waals surface area contributed by atoms with Gasteiger partial charge in [-0.15, -0.1) is 0 Å². The molecule has 1 aromatic carbocycles. The Hall–Kier alpha value is -1.39. The van der Waals surface area contributed by atoms with Crippen molar-refractivity contribution >= 4 is 5.97 Å². The molecule has 0 aromatic heterocycles. The Kier molecular flexibility index (Phi) is 11.2. The molecule has 2 aliphatic rings. The van der Waals surface area contributed by atoms with Gasteiger partial charge >= 0.3 is 5.97 Å². The second kappa shape index (κ2) is 12.9. The second-order valence-corrected chi connectivity index (χ2v) is 7.27. The fourth-order valence-electron chi connectivity index (χ4n) is 2.82. The van der Waals surface area contributed by atoms with Crippen molar-refractivity contribution in [1.82, 2.24) is 10.2 Å². The molecule has 0 amide bonds. The number of piperidine rings is 2. The van der Waals surface area contributed by atoms with E-state index in [-0.39, 0.29) is 0 Å². The summed E-state index contributed by atoms with van der Waals surface area (Å²) in [5, 5.41) is 11.9. The quantitative estimate of drug-likeness (QED) is 0.849. The zero-order valence-electron chi connectivity index (χ0n) is 16.2. The van der Waals surface area contributed by atoms with Crippen molar-refractivity contribution in [2.75, 3.05) is 33.2 Å². The largest absolute Gasteiger partial charge is 0.481 e. The van der Waals surface area contributed by atoms with Crippen LogP contribution in [0.3, 0.4) is 0 Å². The minimum Gasteiger partial charge on any atom is -0.481 e. The second-order valence-electron chi connectivity index (χ2n) is 7.27. The van der Waals surface area contributed by atoms with Crippen molar-refractivity contribution in [1.29, 1.82) is 0 Å². The molecule has 1 atom stereocenters. The molecule has 0 bridgehead atoms. The van der Waals surface area contributed by atoms with Gasteiger partial charge in [0.05, 0.1) is 5.92 Å². The molecule has 4 heteroatoms. The molecule has 4 nitrogen and oxygen atoms in total. The molecule has 2 heterocycles. The van der Waals surface area contributed by atoms with E-state index in [1.165, 1.54) is 58.3 Å². The average molecular weight is 349 g/mol. The van der Waals surface area contributed by atoms with Gasteiger partial charge in [0.1, 0.15) is 0 Å². The molecule has 2 fully saturated rings. The number of hydrogen-bond donors (Lipinski definition) is 2. The van der Waals surface area contributed by atoms with Crippen LogP contribution < -0.4 is 5.32 Å². The molecule has 142 valence electrons. The summed E-state index contributed by atoms with van der Waals surface area (Å²) in [6.07, 6.45) is 7.01. The lowest BCUT2D eigenvalue weighted by molar-refractivity contribution is -0.138. The molecule has 1 unspecified atom stereocenters. The molecule has 0 saturated carbocycles. The first-order chi connectivity index (χ1) is 12.0. The van der Waals surface area contributed by atoms with E-state index in [0.717, 1.165) is 11.5 Å². The standard InChI is InChI=1S/C9H10O2.C7H15N.C5H11N/c1-7(9(10)11)8-5-3-2-4-6-8;1-7-3-5-8(2)6-4-7;1-2-4-6-5-3-1/h2-7H,1H3,(H,10,11);7H,3-6H2,1-2H3;6H,1-5H2. The minimum absolute atomic E-state index is 0.406. The Morgan fingerprint density at radius 2 is 1.68 bits per heavy atom. The Balaban J connectivity index is 0.000000197. The maximum absolute atomic E-state index is 10.5. The van der Waals surface area contributed by atoms with Gasteiger partial charge in [0.25, 0.3) is 0 Å². The average Bonchev–Trinajstić information content (AvgIpc) is 2.66. The van der Waals surface area contributed by atoms with Crippen LogP contribution >= 0.6 is 0 Å². The van der Waals surface area contributed by atoms with E-state index in [1.807, 2.05) is 30.3 Å². The van der Waals surface area contributed by atoms with E-state index in [0.29, 0.717) is 0 Å². The predicted octanol–water partition coefficient (Wildman–Crippen LogP) is 3.98. The monoisotopic (exact) mass is 348 g/mol. The molecular weight excluding hydrogens is 312 g/mol. The third-order valence-corrected chi connectivity index (χ3v) is 4.88. The highest BCUT2D eigenvalue weighted by Crippen LogP contribution is 2.14. The maximum Gasteiger partial charge on any atom is 0.310 e. The summed E-state index contributed by atoms with van der Waals surface area (Å²) < 4.78 is 0. The van der Waals surface area contributed by atoms with Crippen LogP contribution in [-0.4, -0.2) is 49.2 Å². The lowest BCUT2D eigenvalue weighted by atomic mass is 10.00. The first-order valence-corrected chi connectivity index (χ1v) is 9.67. The summed E-state index contributed by atoms with van der Waals surface area (Å²) >= 11 is 0. The van der Waals surface area contributed by atoms with Gasteiger partial charge in [-0.05, 0) is 77.3 Å². The van der Waals surface area contributed by atoms with E-state index in [1.54, 1.807) is 6.92 Å². The highest BCUT2D eigenvalue weighted by atomic mass is 16.4. The molecule has 1 aromatic rings. The first kappa shape index (κ1) is 21.7. The lowest BCUT2D eigenvalue weighted by Crippen LogP contribution is -2.28. The summed E-state index contributed by atoms with van der Waals surface area (Å²) in [5.41, 5.74) is 0.847. The summed E-state index contributed by atoms with van der Waals surface area (Å²) in [6, 6.07) is 9.19. The van der Waals surface area contributed by atoms with E-state index in [9.17, 15) is 4.79 Å². The van der Waals surface area contributed by atoms with E-state index < -0.39 is 11.9 Å². The number of nitrogens with one attached hydrogen (secondary N) is 1. The van der Waals surface area contributed by atoms with Gasteiger partial charge < -0.3 is 15.3 Å². The third-order valence-electron chi connectivity index (χ3n) is 4.88. The maximum atomic E-state index is 10.5.